The second-order valence-corrected chi connectivity index (χ2v) is 5.20. The molecule has 0 radical (unpaired) electrons. The van der Waals surface area contributed by atoms with E-state index in [1.165, 1.54) is 5.57 Å². The van der Waals surface area contributed by atoms with E-state index in [-0.39, 0.29) is 5.92 Å². The molecule has 0 unspecified atom stereocenters. The molecule has 15 heavy (non-hydrogen) atoms. The van der Waals surface area contributed by atoms with Gasteiger partial charge in [0.1, 0.15) is 6.29 Å². The molecule has 0 amide bonds. The average Bonchev–Trinajstić information content (AvgIpc) is 2.17. The molecule has 1 N–H and O–H groups in total. The van der Waals surface area contributed by atoms with Crippen LogP contribution in [-0.4, -0.2) is 17.0 Å². The molecule has 1 aliphatic carbocycles. The predicted molar refractivity (Wildman–Crippen MR) is 61.6 cm³/mol. The Morgan fingerprint density at radius 3 is 2.80 bits per heavy atom. The van der Waals surface area contributed by atoms with Crippen molar-refractivity contribution in [3.63, 3.8) is 0 Å². The molecule has 1 rings (SSSR count). The van der Waals surface area contributed by atoms with E-state index in [4.69, 9.17) is 0 Å². The van der Waals surface area contributed by atoms with E-state index in [9.17, 15) is 9.90 Å². The van der Waals surface area contributed by atoms with E-state index in [0.717, 1.165) is 44.8 Å². The van der Waals surface area contributed by atoms with Gasteiger partial charge in [0.15, 0.2) is 0 Å². The molecule has 0 spiro atoms. The Bertz CT molecular complexity index is 235. The van der Waals surface area contributed by atoms with Crippen molar-refractivity contribution in [2.75, 3.05) is 0 Å². The molecule has 0 heterocycles. The second-order valence-electron chi connectivity index (χ2n) is 5.20. The number of aldehydes is 1. The van der Waals surface area contributed by atoms with Crippen molar-refractivity contribution >= 4 is 6.29 Å². The van der Waals surface area contributed by atoms with E-state index in [0.29, 0.717) is 0 Å². The zero-order valence-corrected chi connectivity index (χ0v) is 9.83. The lowest BCUT2D eigenvalue weighted by atomic mass is 9.87. The minimum atomic E-state index is -0.541. The Morgan fingerprint density at radius 1 is 1.60 bits per heavy atom. The summed E-state index contributed by atoms with van der Waals surface area (Å²) in [4.78, 5) is 10.5. The van der Waals surface area contributed by atoms with E-state index >= 15 is 0 Å². The van der Waals surface area contributed by atoms with Crippen molar-refractivity contribution in [1.82, 2.24) is 0 Å². The van der Waals surface area contributed by atoms with Crippen LogP contribution in [0.4, 0.5) is 0 Å². The summed E-state index contributed by atoms with van der Waals surface area (Å²) in [5.41, 5.74) is 0.929. The number of hydrogen-bond acceptors (Lipinski definition) is 2. The van der Waals surface area contributed by atoms with Crippen LogP contribution in [0.25, 0.3) is 0 Å². The van der Waals surface area contributed by atoms with Gasteiger partial charge >= 0.3 is 0 Å². The highest BCUT2D eigenvalue weighted by Crippen LogP contribution is 2.26. The number of carbonyl (C=O) groups excluding carboxylic acids is 1. The maximum Gasteiger partial charge on any atom is 0.123 e. The molecule has 1 atom stereocenters. The van der Waals surface area contributed by atoms with E-state index in [1.54, 1.807) is 0 Å². The van der Waals surface area contributed by atoms with Gasteiger partial charge in [-0.1, -0.05) is 11.6 Å². The van der Waals surface area contributed by atoms with E-state index < -0.39 is 5.60 Å². The smallest absolute Gasteiger partial charge is 0.123 e. The fourth-order valence-corrected chi connectivity index (χ4v) is 2.01. The molecule has 0 aromatic carbocycles. The lowest BCUT2D eigenvalue weighted by molar-refractivity contribution is -0.111. The first-order valence-electron chi connectivity index (χ1n) is 5.87. The molecule has 0 saturated heterocycles. The van der Waals surface area contributed by atoms with Gasteiger partial charge in [-0.15, -0.1) is 0 Å². The first-order chi connectivity index (χ1) is 7.01. The highest BCUT2D eigenvalue weighted by molar-refractivity contribution is 5.54. The van der Waals surface area contributed by atoms with Gasteiger partial charge in [0.25, 0.3) is 0 Å². The lowest BCUT2D eigenvalue weighted by Gasteiger charge is -2.20. The summed E-state index contributed by atoms with van der Waals surface area (Å²) in [6.45, 7) is 3.70. The normalized spacial score (nSPS) is 22.3. The third-order valence-electron chi connectivity index (χ3n) is 3.02. The van der Waals surface area contributed by atoms with E-state index in [1.807, 2.05) is 13.8 Å². The Balaban J connectivity index is 2.23. The number of carbonyl (C=O) groups is 1. The number of hydrogen-bond donors (Lipinski definition) is 1. The topological polar surface area (TPSA) is 37.3 Å². The molecule has 0 aromatic rings. The highest BCUT2D eigenvalue weighted by atomic mass is 16.3. The molecule has 0 aromatic heterocycles. The van der Waals surface area contributed by atoms with Crippen molar-refractivity contribution in [2.45, 2.75) is 58.0 Å². The quantitative estimate of drug-likeness (QED) is 0.559. The number of rotatable bonds is 5. The molecule has 0 fully saturated rings. The van der Waals surface area contributed by atoms with Crippen LogP contribution in [0.1, 0.15) is 52.4 Å². The Hall–Kier alpha value is -0.630. The molecule has 1 aliphatic rings. The Labute approximate surface area is 92.4 Å². The van der Waals surface area contributed by atoms with Crippen LogP contribution in [0.3, 0.4) is 0 Å². The lowest BCUT2D eigenvalue weighted by Crippen LogP contribution is -2.18. The van der Waals surface area contributed by atoms with Gasteiger partial charge in [0.2, 0.25) is 0 Å². The van der Waals surface area contributed by atoms with Crippen LogP contribution in [0.5, 0.6) is 0 Å². The van der Waals surface area contributed by atoms with Gasteiger partial charge in [0.05, 0.1) is 5.60 Å². The van der Waals surface area contributed by atoms with E-state index in [2.05, 4.69) is 6.08 Å². The summed E-state index contributed by atoms with van der Waals surface area (Å²) >= 11 is 0. The average molecular weight is 210 g/mol. The molecular weight excluding hydrogens is 188 g/mol. The molecule has 2 heteroatoms. The monoisotopic (exact) mass is 210 g/mol. The standard InChI is InChI=1S/C13H22O2/c1-13(2,15)9-3-4-11-5-7-12(10-14)8-6-11/h5,10,12,15H,3-4,6-9H2,1-2H3/t12-/m0/s1. The van der Waals surface area contributed by atoms with Gasteiger partial charge < -0.3 is 9.90 Å². The maximum absolute atomic E-state index is 10.5. The van der Waals surface area contributed by atoms with Crippen LogP contribution in [-0.2, 0) is 4.79 Å². The number of allylic oxidation sites excluding steroid dienone is 2. The third kappa shape index (κ3) is 5.12. The summed E-state index contributed by atoms with van der Waals surface area (Å²) in [6.07, 6.45) is 9.25. The molecule has 2 nitrogen and oxygen atoms in total. The van der Waals surface area contributed by atoms with Gasteiger partial charge in [-0.25, -0.2) is 0 Å². The largest absolute Gasteiger partial charge is 0.390 e. The van der Waals surface area contributed by atoms with Crippen LogP contribution >= 0.6 is 0 Å². The molecular formula is C13H22O2. The van der Waals surface area contributed by atoms with Crippen molar-refractivity contribution in [1.29, 1.82) is 0 Å². The summed E-state index contributed by atoms with van der Waals surface area (Å²) in [5.74, 6) is 0.253. The fourth-order valence-electron chi connectivity index (χ4n) is 2.01. The summed E-state index contributed by atoms with van der Waals surface area (Å²) in [6, 6.07) is 0. The zero-order valence-electron chi connectivity index (χ0n) is 9.83. The Kier molecular flexibility index (Phi) is 4.52. The number of aliphatic hydroxyl groups is 1. The van der Waals surface area contributed by atoms with Crippen LogP contribution in [0.15, 0.2) is 11.6 Å². The maximum atomic E-state index is 10.5. The minimum absolute atomic E-state index is 0.253. The first-order valence-corrected chi connectivity index (χ1v) is 5.87. The molecule has 0 saturated carbocycles. The van der Waals surface area contributed by atoms with Gasteiger partial charge in [0, 0.05) is 5.92 Å². The molecule has 0 aliphatic heterocycles. The highest BCUT2D eigenvalue weighted by Gasteiger charge is 2.15. The Morgan fingerprint density at radius 2 is 2.33 bits per heavy atom. The van der Waals surface area contributed by atoms with Crippen molar-refractivity contribution < 1.29 is 9.90 Å². The summed E-state index contributed by atoms with van der Waals surface area (Å²) < 4.78 is 0. The minimum Gasteiger partial charge on any atom is -0.390 e. The van der Waals surface area contributed by atoms with Gasteiger partial charge in [-0.3, -0.25) is 0 Å². The van der Waals surface area contributed by atoms with Crippen molar-refractivity contribution in [3.05, 3.63) is 11.6 Å². The first kappa shape index (κ1) is 12.4. The van der Waals surface area contributed by atoms with Gasteiger partial charge in [-0.2, -0.15) is 0 Å². The molecule has 0 bridgehead atoms. The zero-order chi connectivity index (χ0) is 11.3. The van der Waals surface area contributed by atoms with Gasteiger partial charge in [-0.05, 0) is 52.4 Å². The van der Waals surface area contributed by atoms with Crippen LogP contribution in [0, 0.1) is 5.92 Å². The van der Waals surface area contributed by atoms with Crippen LogP contribution in [0.2, 0.25) is 0 Å². The second kappa shape index (κ2) is 5.45. The van der Waals surface area contributed by atoms with Crippen molar-refractivity contribution in [2.24, 2.45) is 5.92 Å². The SMILES string of the molecule is CC(C)(O)CCCC1=CC[C@H](C=O)CC1. The summed E-state index contributed by atoms with van der Waals surface area (Å²) in [7, 11) is 0. The van der Waals surface area contributed by atoms with Crippen LogP contribution < -0.4 is 0 Å². The fraction of sp³-hybridized carbons (Fsp3) is 0.769. The third-order valence-corrected chi connectivity index (χ3v) is 3.02. The molecule has 86 valence electrons. The summed E-state index contributed by atoms with van der Waals surface area (Å²) in [5, 5.41) is 9.56. The van der Waals surface area contributed by atoms with Crippen molar-refractivity contribution in [3.8, 4) is 0 Å². The predicted octanol–water partition coefficient (Wildman–Crippen LogP) is 2.85.